The second-order valence-corrected chi connectivity index (χ2v) is 4.17. The van der Waals surface area contributed by atoms with Crippen molar-refractivity contribution in [3.63, 3.8) is 0 Å². The highest BCUT2D eigenvalue weighted by Crippen LogP contribution is 2.33. The van der Waals surface area contributed by atoms with Gasteiger partial charge in [-0.3, -0.25) is 0 Å². The standard InChI is InChI=1S/C13H17NO2/c1-9(2)7-11(14)10-3-4-12-13(8-10)16-6-5-15-12/h3-4,8,11H,1,5-7,14H2,2H3/t11-/m1/s1. The number of fused-ring (bicyclic) bond motifs is 1. The fraction of sp³-hybridized carbons (Fsp3) is 0.385. The molecule has 0 radical (unpaired) electrons. The highest BCUT2D eigenvalue weighted by atomic mass is 16.6. The van der Waals surface area contributed by atoms with Gasteiger partial charge >= 0.3 is 0 Å². The average Bonchev–Trinajstić information content (AvgIpc) is 2.27. The Balaban J connectivity index is 2.19. The van der Waals surface area contributed by atoms with E-state index in [1.54, 1.807) is 0 Å². The summed E-state index contributed by atoms with van der Waals surface area (Å²) >= 11 is 0. The first-order valence-corrected chi connectivity index (χ1v) is 5.46. The Morgan fingerprint density at radius 1 is 1.38 bits per heavy atom. The van der Waals surface area contributed by atoms with Gasteiger partial charge in [0.25, 0.3) is 0 Å². The Labute approximate surface area is 95.9 Å². The molecule has 1 aliphatic rings. The minimum absolute atomic E-state index is 0.0201. The molecule has 1 aromatic carbocycles. The van der Waals surface area contributed by atoms with E-state index in [1.165, 1.54) is 0 Å². The van der Waals surface area contributed by atoms with Crippen molar-refractivity contribution in [3.8, 4) is 11.5 Å². The van der Waals surface area contributed by atoms with Gasteiger partial charge in [-0.15, -0.1) is 6.58 Å². The quantitative estimate of drug-likeness (QED) is 0.794. The van der Waals surface area contributed by atoms with E-state index in [2.05, 4.69) is 6.58 Å². The predicted molar refractivity (Wildman–Crippen MR) is 63.8 cm³/mol. The predicted octanol–water partition coefficient (Wildman–Crippen LogP) is 2.42. The summed E-state index contributed by atoms with van der Waals surface area (Å²) in [6, 6.07) is 5.85. The van der Waals surface area contributed by atoms with Gasteiger partial charge in [0, 0.05) is 6.04 Å². The van der Waals surface area contributed by atoms with Crippen LogP contribution in [0.2, 0.25) is 0 Å². The second kappa shape index (κ2) is 4.58. The minimum atomic E-state index is -0.0201. The van der Waals surface area contributed by atoms with Gasteiger partial charge in [0.15, 0.2) is 11.5 Å². The van der Waals surface area contributed by atoms with Crippen molar-refractivity contribution in [2.45, 2.75) is 19.4 Å². The molecule has 0 bridgehead atoms. The summed E-state index contributed by atoms with van der Waals surface area (Å²) < 4.78 is 11.0. The lowest BCUT2D eigenvalue weighted by Gasteiger charge is -2.20. The normalized spacial score (nSPS) is 15.6. The maximum atomic E-state index is 6.07. The molecule has 1 aromatic rings. The topological polar surface area (TPSA) is 44.5 Å². The maximum Gasteiger partial charge on any atom is 0.161 e. The van der Waals surface area contributed by atoms with Crippen molar-refractivity contribution >= 4 is 0 Å². The molecule has 0 fully saturated rings. The van der Waals surface area contributed by atoms with Crippen LogP contribution in [0.5, 0.6) is 11.5 Å². The van der Waals surface area contributed by atoms with Crippen LogP contribution in [0.1, 0.15) is 24.9 Å². The summed E-state index contributed by atoms with van der Waals surface area (Å²) in [6.07, 6.45) is 0.791. The zero-order valence-corrected chi connectivity index (χ0v) is 9.53. The van der Waals surface area contributed by atoms with Crippen molar-refractivity contribution in [2.24, 2.45) is 5.73 Å². The molecule has 0 aliphatic carbocycles. The monoisotopic (exact) mass is 219 g/mol. The summed E-state index contributed by atoms with van der Waals surface area (Å²) in [5, 5.41) is 0. The molecule has 0 saturated carbocycles. The number of hydrogen-bond acceptors (Lipinski definition) is 3. The van der Waals surface area contributed by atoms with Crippen LogP contribution in [-0.4, -0.2) is 13.2 Å². The molecular weight excluding hydrogens is 202 g/mol. The van der Waals surface area contributed by atoms with Crippen molar-refractivity contribution in [3.05, 3.63) is 35.9 Å². The number of hydrogen-bond donors (Lipinski definition) is 1. The highest BCUT2D eigenvalue weighted by molar-refractivity contribution is 5.44. The smallest absolute Gasteiger partial charge is 0.161 e. The lowest BCUT2D eigenvalue weighted by atomic mass is 10.0. The molecule has 0 saturated heterocycles. The molecule has 1 aliphatic heterocycles. The molecular formula is C13H17NO2. The van der Waals surface area contributed by atoms with Gasteiger partial charge < -0.3 is 15.2 Å². The molecule has 0 spiro atoms. The average molecular weight is 219 g/mol. The Kier molecular flexibility index (Phi) is 3.15. The van der Waals surface area contributed by atoms with Crippen molar-refractivity contribution < 1.29 is 9.47 Å². The summed E-state index contributed by atoms with van der Waals surface area (Å²) in [7, 11) is 0. The summed E-state index contributed by atoms with van der Waals surface area (Å²) in [5.74, 6) is 1.60. The van der Waals surface area contributed by atoms with Gasteiger partial charge in [0.2, 0.25) is 0 Å². The minimum Gasteiger partial charge on any atom is -0.486 e. The number of rotatable bonds is 3. The zero-order chi connectivity index (χ0) is 11.5. The van der Waals surface area contributed by atoms with Crippen LogP contribution in [-0.2, 0) is 0 Å². The molecule has 0 aromatic heterocycles. The van der Waals surface area contributed by atoms with E-state index in [-0.39, 0.29) is 6.04 Å². The van der Waals surface area contributed by atoms with Crippen LogP contribution in [0.25, 0.3) is 0 Å². The molecule has 16 heavy (non-hydrogen) atoms. The van der Waals surface area contributed by atoms with E-state index in [1.807, 2.05) is 25.1 Å². The number of nitrogens with two attached hydrogens (primary N) is 1. The van der Waals surface area contributed by atoms with Crippen molar-refractivity contribution in [2.75, 3.05) is 13.2 Å². The molecule has 86 valence electrons. The Morgan fingerprint density at radius 2 is 2.06 bits per heavy atom. The lowest BCUT2D eigenvalue weighted by molar-refractivity contribution is 0.171. The summed E-state index contributed by atoms with van der Waals surface area (Å²) in [4.78, 5) is 0. The fourth-order valence-electron chi connectivity index (χ4n) is 1.78. The maximum absolute atomic E-state index is 6.07. The fourth-order valence-corrected chi connectivity index (χ4v) is 1.78. The van der Waals surface area contributed by atoms with Crippen LogP contribution in [0.3, 0.4) is 0 Å². The van der Waals surface area contributed by atoms with Gasteiger partial charge in [0.05, 0.1) is 0 Å². The van der Waals surface area contributed by atoms with Gasteiger partial charge in [-0.05, 0) is 31.0 Å². The van der Waals surface area contributed by atoms with Crippen LogP contribution in [0.15, 0.2) is 30.4 Å². The Morgan fingerprint density at radius 3 is 2.75 bits per heavy atom. The number of benzene rings is 1. The molecule has 0 unspecified atom stereocenters. The van der Waals surface area contributed by atoms with E-state index in [0.717, 1.165) is 29.1 Å². The van der Waals surface area contributed by atoms with E-state index < -0.39 is 0 Å². The lowest BCUT2D eigenvalue weighted by Crippen LogP contribution is -2.16. The first-order chi connectivity index (χ1) is 7.66. The summed E-state index contributed by atoms with van der Waals surface area (Å²) in [6.45, 7) is 7.07. The van der Waals surface area contributed by atoms with E-state index in [9.17, 15) is 0 Å². The van der Waals surface area contributed by atoms with Crippen LogP contribution in [0, 0.1) is 0 Å². The largest absolute Gasteiger partial charge is 0.486 e. The first kappa shape index (κ1) is 11.0. The molecule has 3 nitrogen and oxygen atoms in total. The van der Waals surface area contributed by atoms with Crippen molar-refractivity contribution in [1.82, 2.24) is 0 Å². The van der Waals surface area contributed by atoms with E-state index >= 15 is 0 Å². The molecule has 2 N–H and O–H groups in total. The molecule has 2 rings (SSSR count). The summed E-state index contributed by atoms with van der Waals surface area (Å²) in [5.41, 5.74) is 8.22. The van der Waals surface area contributed by atoms with Gasteiger partial charge in [-0.25, -0.2) is 0 Å². The van der Waals surface area contributed by atoms with Gasteiger partial charge in [-0.2, -0.15) is 0 Å². The van der Waals surface area contributed by atoms with Crippen LogP contribution in [0.4, 0.5) is 0 Å². The Bertz CT molecular complexity index is 401. The first-order valence-electron chi connectivity index (χ1n) is 5.46. The third-order valence-corrected chi connectivity index (χ3v) is 2.56. The van der Waals surface area contributed by atoms with Crippen LogP contribution < -0.4 is 15.2 Å². The third-order valence-electron chi connectivity index (χ3n) is 2.56. The SMILES string of the molecule is C=C(C)C[C@@H](N)c1ccc2c(c1)OCCO2. The highest BCUT2D eigenvalue weighted by Gasteiger charge is 2.14. The number of ether oxygens (including phenoxy) is 2. The Hall–Kier alpha value is -1.48. The second-order valence-electron chi connectivity index (χ2n) is 4.17. The van der Waals surface area contributed by atoms with Crippen molar-refractivity contribution in [1.29, 1.82) is 0 Å². The van der Waals surface area contributed by atoms with Crippen LogP contribution >= 0.6 is 0 Å². The molecule has 3 heteroatoms. The van der Waals surface area contributed by atoms with Gasteiger partial charge in [-0.1, -0.05) is 11.6 Å². The molecule has 1 heterocycles. The molecule has 0 amide bonds. The third kappa shape index (κ3) is 2.36. The zero-order valence-electron chi connectivity index (χ0n) is 9.53. The van der Waals surface area contributed by atoms with E-state index in [4.69, 9.17) is 15.2 Å². The van der Waals surface area contributed by atoms with Gasteiger partial charge in [0.1, 0.15) is 13.2 Å². The molecule has 1 atom stereocenters. The van der Waals surface area contributed by atoms with E-state index in [0.29, 0.717) is 13.2 Å².